The van der Waals surface area contributed by atoms with Crippen LogP contribution in [-0.4, -0.2) is 41.9 Å². The predicted molar refractivity (Wildman–Crippen MR) is 71.3 cm³/mol. The molecule has 2 rings (SSSR count). The average Bonchev–Trinajstić information content (AvgIpc) is 2.38. The number of aliphatic hydroxyl groups is 1. The first-order valence-electron chi connectivity index (χ1n) is 6.35. The molecule has 104 valence electrons. The van der Waals surface area contributed by atoms with E-state index in [-0.39, 0.29) is 16.7 Å². The SMILES string of the molecule is C[C@@H](O)C[C@H]1COCCN1c1ccccc1[N+](=O)[O-]. The molecule has 0 spiro atoms. The number of rotatable bonds is 4. The lowest BCUT2D eigenvalue weighted by molar-refractivity contribution is -0.384. The van der Waals surface area contributed by atoms with E-state index in [1.807, 2.05) is 4.90 Å². The Balaban J connectivity index is 2.29. The zero-order chi connectivity index (χ0) is 13.8. The first kappa shape index (κ1) is 13.8. The zero-order valence-electron chi connectivity index (χ0n) is 10.9. The third-order valence-corrected chi connectivity index (χ3v) is 3.23. The fourth-order valence-corrected chi connectivity index (χ4v) is 2.42. The van der Waals surface area contributed by atoms with Gasteiger partial charge in [0, 0.05) is 12.6 Å². The normalized spacial score (nSPS) is 21.2. The number of nitro groups is 1. The molecule has 0 bridgehead atoms. The molecule has 0 unspecified atom stereocenters. The van der Waals surface area contributed by atoms with Crippen LogP contribution in [0.25, 0.3) is 0 Å². The second-order valence-electron chi connectivity index (χ2n) is 4.75. The molecule has 1 aromatic rings. The number of nitrogens with zero attached hydrogens (tertiary/aromatic N) is 2. The van der Waals surface area contributed by atoms with Crippen LogP contribution in [0.1, 0.15) is 13.3 Å². The number of hydrogen-bond acceptors (Lipinski definition) is 5. The summed E-state index contributed by atoms with van der Waals surface area (Å²) in [4.78, 5) is 12.7. The highest BCUT2D eigenvalue weighted by Gasteiger charge is 2.28. The van der Waals surface area contributed by atoms with Gasteiger partial charge in [0.05, 0.1) is 30.3 Å². The minimum absolute atomic E-state index is 0.0325. The minimum atomic E-state index is -0.461. The third kappa shape index (κ3) is 3.21. The molecular weight excluding hydrogens is 248 g/mol. The molecule has 2 atom stereocenters. The first-order chi connectivity index (χ1) is 9.09. The Hall–Kier alpha value is -1.66. The van der Waals surface area contributed by atoms with Crippen molar-refractivity contribution < 1.29 is 14.8 Å². The molecule has 6 heteroatoms. The number of para-hydroxylation sites is 2. The van der Waals surface area contributed by atoms with Crippen LogP contribution >= 0.6 is 0 Å². The van der Waals surface area contributed by atoms with Crippen LogP contribution in [0.2, 0.25) is 0 Å². The standard InChI is InChI=1S/C13H18N2O4/c1-10(16)8-11-9-19-7-6-14(11)12-4-2-3-5-13(12)15(17)18/h2-5,10-11,16H,6-9H2,1H3/t10-,11+/m1/s1. The third-order valence-electron chi connectivity index (χ3n) is 3.23. The monoisotopic (exact) mass is 266 g/mol. The fraction of sp³-hybridized carbons (Fsp3) is 0.538. The van der Waals surface area contributed by atoms with Gasteiger partial charge in [0.1, 0.15) is 5.69 Å². The number of morpholine rings is 1. The molecule has 0 aromatic heterocycles. The van der Waals surface area contributed by atoms with Gasteiger partial charge in [-0.3, -0.25) is 10.1 Å². The molecule has 1 saturated heterocycles. The minimum Gasteiger partial charge on any atom is -0.393 e. The largest absolute Gasteiger partial charge is 0.393 e. The van der Waals surface area contributed by atoms with Gasteiger partial charge in [0.2, 0.25) is 0 Å². The van der Waals surface area contributed by atoms with Gasteiger partial charge in [-0.05, 0) is 19.4 Å². The van der Waals surface area contributed by atoms with Gasteiger partial charge in [-0.25, -0.2) is 0 Å². The summed E-state index contributed by atoms with van der Waals surface area (Å²) < 4.78 is 5.41. The maximum Gasteiger partial charge on any atom is 0.292 e. The zero-order valence-corrected chi connectivity index (χ0v) is 10.9. The summed E-state index contributed by atoms with van der Waals surface area (Å²) in [6.07, 6.45) is 0.0726. The maximum atomic E-state index is 11.1. The van der Waals surface area contributed by atoms with Crippen molar-refractivity contribution >= 4 is 11.4 Å². The van der Waals surface area contributed by atoms with E-state index < -0.39 is 6.10 Å². The topological polar surface area (TPSA) is 75.8 Å². The summed E-state index contributed by atoms with van der Waals surface area (Å²) in [6, 6.07) is 6.67. The van der Waals surface area contributed by atoms with Gasteiger partial charge in [-0.1, -0.05) is 12.1 Å². The Morgan fingerprint density at radius 3 is 3.00 bits per heavy atom. The van der Waals surface area contributed by atoms with Gasteiger partial charge in [0.15, 0.2) is 0 Å². The van der Waals surface area contributed by atoms with E-state index in [9.17, 15) is 15.2 Å². The van der Waals surface area contributed by atoms with Crippen molar-refractivity contribution in [3.05, 3.63) is 34.4 Å². The summed E-state index contributed by atoms with van der Waals surface area (Å²) >= 11 is 0. The van der Waals surface area contributed by atoms with E-state index >= 15 is 0 Å². The Kier molecular flexibility index (Phi) is 4.34. The lowest BCUT2D eigenvalue weighted by Gasteiger charge is -2.37. The molecule has 1 N–H and O–H groups in total. The summed E-state index contributed by atoms with van der Waals surface area (Å²) in [5.41, 5.74) is 0.696. The van der Waals surface area contributed by atoms with E-state index in [2.05, 4.69) is 0 Å². The summed E-state index contributed by atoms with van der Waals surface area (Å²) in [5, 5.41) is 20.6. The molecule has 1 heterocycles. The highest BCUT2D eigenvalue weighted by molar-refractivity contribution is 5.63. The Labute approximate surface area is 111 Å². The van der Waals surface area contributed by atoms with Crippen molar-refractivity contribution in [2.24, 2.45) is 0 Å². The highest BCUT2D eigenvalue weighted by Crippen LogP contribution is 2.31. The van der Waals surface area contributed by atoms with Crippen molar-refractivity contribution in [2.45, 2.75) is 25.5 Å². The average molecular weight is 266 g/mol. The Morgan fingerprint density at radius 1 is 1.58 bits per heavy atom. The lowest BCUT2D eigenvalue weighted by atomic mass is 10.1. The van der Waals surface area contributed by atoms with Gasteiger partial charge < -0.3 is 14.7 Å². The first-order valence-corrected chi connectivity index (χ1v) is 6.35. The molecule has 1 fully saturated rings. The second kappa shape index (κ2) is 5.99. The number of aliphatic hydroxyl groups excluding tert-OH is 1. The van der Waals surface area contributed by atoms with Crippen molar-refractivity contribution in [3.63, 3.8) is 0 Å². The van der Waals surface area contributed by atoms with Crippen LogP contribution in [0.3, 0.4) is 0 Å². The van der Waals surface area contributed by atoms with Crippen molar-refractivity contribution in [1.82, 2.24) is 0 Å². The molecule has 6 nitrogen and oxygen atoms in total. The highest BCUT2D eigenvalue weighted by atomic mass is 16.6. The van der Waals surface area contributed by atoms with E-state index in [1.165, 1.54) is 6.07 Å². The quantitative estimate of drug-likeness (QED) is 0.661. The second-order valence-corrected chi connectivity index (χ2v) is 4.75. The smallest absolute Gasteiger partial charge is 0.292 e. The van der Waals surface area contributed by atoms with Crippen LogP contribution in [0, 0.1) is 10.1 Å². The number of nitro benzene ring substituents is 1. The number of benzene rings is 1. The summed E-state index contributed by atoms with van der Waals surface area (Å²) in [6.45, 7) is 3.34. The molecule has 1 aliphatic heterocycles. The molecule has 0 amide bonds. The molecule has 1 aliphatic rings. The summed E-state index contributed by atoms with van der Waals surface area (Å²) in [7, 11) is 0. The lowest BCUT2D eigenvalue weighted by Crippen LogP contribution is -2.47. The van der Waals surface area contributed by atoms with Crippen LogP contribution in [0.15, 0.2) is 24.3 Å². The summed E-state index contributed by atoms with van der Waals surface area (Å²) in [5.74, 6) is 0. The van der Waals surface area contributed by atoms with E-state index in [0.29, 0.717) is 31.9 Å². The van der Waals surface area contributed by atoms with Crippen molar-refractivity contribution in [3.8, 4) is 0 Å². The molecule has 1 aromatic carbocycles. The van der Waals surface area contributed by atoms with E-state index in [1.54, 1.807) is 25.1 Å². The van der Waals surface area contributed by atoms with Crippen molar-refractivity contribution in [2.75, 3.05) is 24.7 Å². The van der Waals surface area contributed by atoms with E-state index in [0.717, 1.165) is 0 Å². The molecule has 0 radical (unpaired) electrons. The molecule has 0 saturated carbocycles. The predicted octanol–water partition coefficient (Wildman–Crippen LogP) is 1.57. The Morgan fingerprint density at radius 2 is 2.32 bits per heavy atom. The molecular formula is C13H18N2O4. The van der Waals surface area contributed by atoms with Gasteiger partial charge in [0.25, 0.3) is 5.69 Å². The van der Waals surface area contributed by atoms with Crippen LogP contribution in [-0.2, 0) is 4.74 Å². The van der Waals surface area contributed by atoms with E-state index in [4.69, 9.17) is 4.74 Å². The number of hydrogen-bond donors (Lipinski definition) is 1. The Bertz CT molecular complexity index is 450. The molecule has 19 heavy (non-hydrogen) atoms. The number of ether oxygens (including phenoxy) is 1. The van der Waals surface area contributed by atoms with Crippen molar-refractivity contribution in [1.29, 1.82) is 0 Å². The van der Waals surface area contributed by atoms with Crippen LogP contribution in [0.4, 0.5) is 11.4 Å². The number of anilines is 1. The fourth-order valence-electron chi connectivity index (χ4n) is 2.42. The van der Waals surface area contributed by atoms with Gasteiger partial charge in [-0.15, -0.1) is 0 Å². The van der Waals surface area contributed by atoms with Crippen LogP contribution in [0.5, 0.6) is 0 Å². The van der Waals surface area contributed by atoms with Gasteiger partial charge >= 0.3 is 0 Å². The van der Waals surface area contributed by atoms with Crippen LogP contribution < -0.4 is 4.90 Å². The maximum absolute atomic E-state index is 11.1. The van der Waals surface area contributed by atoms with Gasteiger partial charge in [-0.2, -0.15) is 0 Å². The molecule has 0 aliphatic carbocycles.